The van der Waals surface area contributed by atoms with Crippen molar-refractivity contribution in [1.29, 1.82) is 0 Å². The Balaban J connectivity index is 3.29. The van der Waals surface area contributed by atoms with Gasteiger partial charge in [0, 0.05) is 0 Å². The van der Waals surface area contributed by atoms with E-state index < -0.39 is 0 Å². The van der Waals surface area contributed by atoms with E-state index in [0.29, 0.717) is 0 Å². The fourth-order valence-electron chi connectivity index (χ4n) is 2.03. The van der Waals surface area contributed by atoms with Gasteiger partial charge in [-0.3, -0.25) is 0 Å². The second kappa shape index (κ2) is 11.4. The number of nitrogens with zero attached hydrogens (tertiary/aromatic N) is 1. The summed E-state index contributed by atoms with van der Waals surface area (Å²) in [5, 5.41) is 9.74. The van der Waals surface area contributed by atoms with Crippen molar-refractivity contribution in [2.24, 2.45) is 0 Å². The number of aliphatic hydroxyl groups excluding tert-OH is 1. The summed E-state index contributed by atoms with van der Waals surface area (Å²) in [5.74, 6) is 0. The van der Waals surface area contributed by atoms with Gasteiger partial charge in [0.25, 0.3) is 0 Å². The van der Waals surface area contributed by atoms with Crippen molar-refractivity contribution < 1.29 is 5.11 Å². The van der Waals surface area contributed by atoms with Gasteiger partial charge in [0.15, 0.2) is 0 Å². The summed E-state index contributed by atoms with van der Waals surface area (Å²) in [7, 11) is 0. The molecule has 0 aliphatic rings. The lowest BCUT2D eigenvalue weighted by Gasteiger charge is -2.18. The van der Waals surface area contributed by atoms with E-state index in [2.05, 4.69) is 25.7 Å². The molecule has 0 aliphatic heterocycles. The van der Waals surface area contributed by atoms with Gasteiger partial charge in [-0.05, 0) is 45.3 Å². The number of hydrogen-bond donors (Lipinski definition) is 1. The van der Waals surface area contributed by atoms with Crippen LogP contribution in [0.4, 0.5) is 0 Å². The van der Waals surface area contributed by atoms with Crippen LogP contribution in [0.3, 0.4) is 0 Å². The first-order chi connectivity index (χ1) is 7.74. The minimum Gasteiger partial charge on any atom is -0.393 e. The van der Waals surface area contributed by atoms with Crippen LogP contribution < -0.4 is 0 Å². The highest BCUT2D eigenvalue weighted by atomic mass is 16.3. The second-order valence-corrected chi connectivity index (χ2v) is 4.67. The third kappa shape index (κ3) is 9.17. The van der Waals surface area contributed by atoms with E-state index in [9.17, 15) is 5.11 Å². The fraction of sp³-hybridized carbons (Fsp3) is 1.00. The van der Waals surface area contributed by atoms with E-state index in [1.807, 2.05) is 0 Å². The van der Waals surface area contributed by atoms with Crippen molar-refractivity contribution in [1.82, 2.24) is 4.90 Å². The van der Waals surface area contributed by atoms with Crippen LogP contribution in [0.25, 0.3) is 0 Å². The molecule has 0 rings (SSSR count). The van der Waals surface area contributed by atoms with Crippen LogP contribution in [0.2, 0.25) is 0 Å². The van der Waals surface area contributed by atoms with Gasteiger partial charge in [-0.25, -0.2) is 0 Å². The fourth-order valence-corrected chi connectivity index (χ4v) is 2.03. The van der Waals surface area contributed by atoms with Crippen molar-refractivity contribution in [3.8, 4) is 0 Å². The highest BCUT2D eigenvalue weighted by Crippen LogP contribution is 2.09. The van der Waals surface area contributed by atoms with Gasteiger partial charge in [-0.2, -0.15) is 0 Å². The largest absolute Gasteiger partial charge is 0.393 e. The maximum atomic E-state index is 9.74. The summed E-state index contributed by atoms with van der Waals surface area (Å²) in [6.07, 6.45) is 8.03. The SMILES string of the molecule is CCCCC[C@@H](O)CCCCN(CC)CC. The van der Waals surface area contributed by atoms with Crippen LogP contribution >= 0.6 is 0 Å². The Labute approximate surface area is 102 Å². The van der Waals surface area contributed by atoms with E-state index in [1.165, 1.54) is 38.6 Å². The average molecular weight is 229 g/mol. The van der Waals surface area contributed by atoms with E-state index >= 15 is 0 Å². The summed E-state index contributed by atoms with van der Waals surface area (Å²) in [5.41, 5.74) is 0. The lowest BCUT2D eigenvalue weighted by Crippen LogP contribution is -2.24. The molecule has 98 valence electrons. The molecule has 0 radical (unpaired) electrons. The normalized spacial score (nSPS) is 13.3. The zero-order valence-corrected chi connectivity index (χ0v) is 11.5. The Morgan fingerprint density at radius 2 is 1.44 bits per heavy atom. The van der Waals surface area contributed by atoms with Gasteiger partial charge in [-0.1, -0.05) is 40.0 Å². The van der Waals surface area contributed by atoms with Crippen LogP contribution in [0.5, 0.6) is 0 Å². The van der Waals surface area contributed by atoms with Crippen LogP contribution in [0, 0.1) is 0 Å². The van der Waals surface area contributed by atoms with E-state index in [1.54, 1.807) is 0 Å². The van der Waals surface area contributed by atoms with Crippen LogP contribution in [0.15, 0.2) is 0 Å². The van der Waals surface area contributed by atoms with Crippen LogP contribution in [0.1, 0.15) is 65.7 Å². The Morgan fingerprint density at radius 1 is 0.875 bits per heavy atom. The standard InChI is InChI=1S/C14H31NO/c1-4-7-8-11-14(16)12-9-10-13-15(5-2)6-3/h14,16H,4-13H2,1-3H3/t14-/m1/s1. The van der Waals surface area contributed by atoms with Gasteiger partial charge in [-0.15, -0.1) is 0 Å². The minimum absolute atomic E-state index is 0.0525. The molecule has 0 aromatic carbocycles. The first-order valence-corrected chi connectivity index (χ1v) is 7.14. The highest BCUT2D eigenvalue weighted by molar-refractivity contribution is 4.58. The summed E-state index contributed by atoms with van der Waals surface area (Å²) >= 11 is 0. The maximum Gasteiger partial charge on any atom is 0.0540 e. The summed E-state index contributed by atoms with van der Waals surface area (Å²) < 4.78 is 0. The van der Waals surface area contributed by atoms with E-state index in [4.69, 9.17) is 0 Å². The molecule has 16 heavy (non-hydrogen) atoms. The number of hydrogen-bond acceptors (Lipinski definition) is 2. The van der Waals surface area contributed by atoms with Gasteiger partial charge in [0.2, 0.25) is 0 Å². The lowest BCUT2D eigenvalue weighted by atomic mass is 10.1. The summed E-state index contributed by atoms with van der Waals surface area (Å²) in [4.78, 5) is 2.45. The monoisotopic (exact) mass is 229 g/mol. The first kappa shape index (κ1) is 15.9. The van der Waals surface area contributed by atoms with Gasteiger partial charge in [0.1, 0.15) is 0 Å². The van der Waals surface area contributed by atoms with Crippen molar-refractivity contribution in [3.05, 3.63) is 0 Å². The van der Waals surface area contributed by atoms with Crippen molar-refractivity contribution in [2.75, 3.05) is 19.6 Å². The number of rotatable bonds is 11. The molecule has 1 atom stereocenters. The number of unbranched alkanes of at least 4 members (excludes halogenated alkanes) is 3. The quantitative estimate of drug-likeness (QED) is 0.549. The third-order valence-corrected chi connectivity index (χ3v) is 3.30. The third-order valence-electron chi connectivity index (χ3n) is 3.30. The van der Waals surface area contributed by atoms with Gasteiger partial charge >= 0.3 is 0 Å². The molecule has 0 aromatic heterocycles. The van der Waals surface area contributed by atoms with Crippen molar-refractivity contribution >= 4 is 0 Å². The predicted octanol–water partition coefficient (Wildman–Crippen LogP) is 3.44. The molecule has 2 heteroatoms. The molecular weight excluding hydrogens is 198 g/mol. The van der Waals surface area contributed by atoms with Crippen molar-refractivity contribution in [3.63, 3.8) is 0 Å². The van der Waals surface area contributed by atoms with Crippen LogP contribution in [-0.4, -0.2) is 35.7 Å². The van der Waals surface area contributed by atoms with Gasteiger partial charge in [0.05, 0.1) is 6.10 Å². The predicted molar refractivity (Wildman–Crippen MR) is 71.8 cm³/mol. The molecule has 0 unspecified atom stereocenters. The molecular formula is C14H31NO. The molecule has 0 saturated heterocycles. The van der Waals surface area contributed by atoms with E-state index in [-0.39, 0.29) is 6.10 Å². The molecule has 0 aromatic rings. The molecule has 0 fully saturated rings. The Kier molecular flexibility index (Phi) is 11.3. The second-order valence-electron chi connectivity index (χ2n) is 4.67. The number of aliphatic hydroxyl groups is 1. The smallest absolute Gasteiger partial charge is 0.0540 e. The highest BCUT2D eigenvalue weighted by Gasteiger charge is 2.04. The molecule has 2 nitrogen and oxygen atoms in total. The Bertz CT molecular complexity index is 135. The maximum absolute atomic E-state index is 9.74. The van der Waals surface area contributed by atoms with Crippen LogP contribution in [-0.2, 0) is 0 Å². The topological polar surface area (TPSA) is 23.5 Å². The molecule has 0 aliphatic carbocycles. The zero-order chi connectivity index (χ0) is 12.2. The van der Waals surface area contributed by atoms with E-state index in [0.717, 1.165) is 25.9 Å². The Morgan fingerprint density at radius 3 is 1.94 bits per heavy atom. The average Bonchev–Trinajstić information content (AvgIpc) is 2.30. The molecule has 0 bridgehead atoms. The molecule has 0 amide bonds. The molecule has 0 saturated carbocycles. The lowest BCUT2D eigenvalue weighted by molar-refractivity contribution is 0.145. The Hall–Kier alpha value is -0.0800. The van der Waals surface area contributed by atoms with Gasteiger partial charge < -0.3 is 10.0 Å². The zero-order valence-electron chi connectivity index (χ0n) is 11.5. The molecule has 0 spiro atoms. The molecule has 0 heterocycles. The first-order valence-electron chi connectivity index (χ1n) is 7.14. The summed E-state index contributed by atoms with van der Waals surface area (Å²) in [6, 6.07) is 0. The molecule has 1 N–H and O–H groups in total. The minimum atomic E-state index is -0.0525. The van der Waals surface area contributed by atoms with Crippen molar-refractivity contribution in [2.45, 2.75) is 71.8 Å². The summed E-state index contributed by atoms with van der Waals surface area (Å²) in [6.45, 7) is 10.1.